The summed E-state index contributed by atoms with van der Waals surface area (Å²) in [6.07, 6.45) is 6.54. The van der Waals surface area contributed by atoms with Gasteiger partial charge >= 0.3 is 23.9 Å². The van der Waals surface area contributed by atoms with Gasteiger partial charge in [0.15, 0.2) is 0 Å². The maximum Gasteiger partial charge on any atom is 0.306 e. The Balaban J connectivity index is 0.000000521. The molecular formula is C20H34O8. The molecule has 0 amide bonds. The van der Waals surface area contributed by atoms with E-state index < -0.39 is 17.9 Å². The van der Waals surface area contributed by atoms with Gasteiger partial charge in [0.05, 0.1) is 0 Å². The summed E-state index contributed by atoms with van der Waals surface area (Å²) in [4.78, 5) is 41.5. The van der Waals surface area contributed by atoms with Crippen LogP contribution >= 0.6 is 0 Å². The van der Waals surface area contributed by atoms with Gasteiger partial charge in [0.25, 0.3) is 0 Å². The number of ether oxygens (including phenoxy) is 1. The van der Waals surface area contributed by atoms with Gasteiger partial charge < -0.3 is 20.1 Å². The van der Waals surface area contributed by atoms with Crippen LogP contribution < -0.4 is 0 Å². The number of aliphatic carboxylic acids is 3. The van der Waals surface area contributed by atoms with E-state index in [9.17, 15) is 19.2 Å². The summed E-state index contributed by atoms with van der Waals surface area (Å²) in [6, 6.07) is 0. The van der Waals surface area contributed by atoms with Gasteiger partial charge in [0, 0.05) is 25.7 Å². The van der Waals surface area contributed by atoms with Crippen LogP contribution in [0.5, 0.6) is 0 Å². The molecule has 1 aliphatic rings. The van der Waals surface area contributed by atoms with Crippen LogP contribution in [0.1, 0.15) is 84.5 Å². The monoisotopic (exact) mass is 402 g/mol. The van der Waals surface area contributed by atoms with Gasteiger partial charge in [-0.15, -0.1) is 0 Å². The standard InChI is InChI=1S/C10H16O4.C10H18O4/c1-7(2-4-9(11)12)6-8-3-5-10(13)14-8;1-8(6-7-10(13)14)4-2-3-5-9(11)12/h7-8H,2-6H2,1H3,(H,11,12);8H,2-7H2,1H3,(H,11,12)(H,13,14). The molecule has 0 aromatic rings. The summed E-state index contributed by atoms with van der Waals surface area (Å²) < 4.78 is 5.05. The van der Waals surface area contributed by atoms with Crippen molar-refractivity contribution in [1.82, 2.24) is 0 Å². The van der Waals surface area contributed by atoms with E-state index in [1.807, 2.05) is 13.8 Å². The molecule has 1 rings (SSSR count). The highest BCUT2D eigenvalue weighted by molar-refractivity contribution is 5.71. The molecule has 1 saturated heterocycles. The van der Waals surface area contributed by atoms with Crippen LogP contribution in [0.15, 0.2) is 0 Å². The number of hydrogen-bond donors (Lipinski definition) is 3. The van der Waals surface area contributed by atoms with Crippen molar-refractivity contribution in [3.05, 3.63) is 0 Å². The Labute approximate surface area is 166 Å². The zero-order chi connectivity index (χ0) is 21.5. The minimum absolute atomic E-state index is 0.0197. The van der Waals surface area contributed by atoms with E-state index in [-0.39, 0.29) is 31.3 Å². The first-order chi connectivity index (χ1) is 13.1. The quantitative estimate of drug-likeness (QED) is 0.313. The number of carboxylic acid groups (broad SMARTS) is 3. The largest absolute Gasteiger partial charge is 0.481 e. The summed E-state index contributed by atoms with van der Waals surface area (Å²) in [7, 11) is 0. The number of carbonyl (C=O) groups is 4. The van der Waals surface area contributed by atoms with Gasteiger partial charge in [0.2, 0.25) is 0 Å². The van der Waals surface area contributed by atoms with Gasteiger partial charge in [-0.1, -0.05) is 26.7 Å². The number of hydrogen-bond acceptors (Lipinski definition) is 5. The van der Waals surface area contributed by atoms with Crippen molar-refractivity contribution in [3.63, 3.8) is 0 Å². The zero-order valence-electron chi connectivity index (χ0n) is 16.9. The molecule has 3 unspecified atom stereocenters. The molecule has 0 bridgehead atoms. The molecule has 162 valence electrons. The van der Waals surface area contributed by atoms with Gasteiger partial charge in [0.1, 0.15) is 6.10 Å². The number of cyclic esters (lactones) is 1. The molecule has 0 aromatic heterocycles. The third kappa shape index (κ3) is 16.1. The van der Waals surface area contributed by atoms with E-state index in [1.54, 1.807) is 0 Å². The first kappa shape index (κ1) is 25.9. The predicted octanol–water partition coefficient (Wildman–Crippen LogP) is 3.72. The smallest absolute Gasteiger partial charge is 0.306 e. The first-order valence-electron chi connectivity index (χ1n) is 9.95. The number of carbonyl (C=O) groups excluding carboxylic acids is 1. The molecule has 0 spiro atoms. The first-order valence-corrected chi connectivity index (χ1v) is 9.95. The third-order valence-electron chi connectivity index (χ3n) is 4.67. The molecule has 8 nitrogen and oxygen atoms in total. The lowest BCUT2D eigenvalue weighted by molar-refractivity contribution is -0.142. The highest BCUT2D eigenvalue weighted by atomic mass is 16.5. The summed E-state index contributed by atoms with van der Waals surface area (Å²) in [5.74, 6) is -1.73. The van der Waals surface area contributed by atoms with Crippen molar-refractivity contribution in [3.8, 4) is 0 Å². The number of esters is 1. The fourth-order valence-electron chi connectivity index (χ4n) is 2.97. The molecule has 28 heavy (non-hydrogen) atoms. The van der Waals surface area contributed by atoms with E-state index in [0.29, 0.717) is 37.5 Å². The van der Waals surface area contributed by atoms with Crippen molar-refractivity contribution in [1.29, 1.82) is 0 Å². The summed E-state index contributed by atoms with van der Waals surface area (Å²) in [5.41, 5.74) is 0. The molecule has 8 heteroatoms. The minimum atomic E-state index is -0.764. The Hall–Kier alpha value is -2.12. The van der Waals surface area contributed by atoms with Gasteiger partial charge in [-0.2, -0.15) is 0 Å². The van der Waals surface area contributed by atoms with E-state index in [0.717, 1.165) is 25.7 Å². The summed E-state index contributed by atoms with van der Waals surface area (Å²) in [5, 5.41) is 25.3. The molecule has 3 atom stereocenters. The lowest BCUT2D eigenvalue weighted by atomic mass is 9.97. The Kier molecular flexibility index (Phi) is 13.8. The second-order valence-electron chi connectivity index (χ2n) is 7.60. The van der Waals surface area contributed by atoms with Gasteiger partial charge in [-0.3, -0.25) is 19.2 Å². The van der Waals surface area contributed by atoms with Gasteiger partial charge in [-0.25, -0.2) is 0 Å². The zero-order valence-corrected chi connectivity index (χ0v) is 16.9. The molecular weight excluding hydrogens is 368 g/mol. The number of carboxylic acids is 3. The van der Waals surface area contributed by atoms with Crippen molar-refractivity contribution in [2.24, 2.45) is 11.8 Å². The van der Waals surface area contributed by atoms with Crippen molar-refractivity contribution >= 4 is 23.9 Å². The fraction of sp³-hybridized carbons (Fsp3) is 0.800. The highest BCUT2D eigenvalue weighted by Gasteiger charge is 2.24. The topological polar surface area (TPSA) is 138 Å². The lowest BCUT2D eigenvalue weighted by Crippen LogP contribution is -2.12. The van der Waals surface area contributed by atoms with Crippen molar-refractivity contribution in [2.75, 3.05) is 0 Å². The van der Waals surface area contributed by atoms with Crippen LogP contribution in [0.3, 0.4) is 0 Å². The second-order valence-corrected chi connectivity index (χ2v) is 7.60. The van der Waals surface area contributed by atoms with E-state index in [2.05, 4.69) is 0 Å². The number of rotatable bonds is 13. The molecule has 0 aromatic carbocycles. The molecule has 0 aliphatic carbocycles. The Bertz CT molecular complexity index is 502. The Morgan fingerprint density at radius 3 is 1.89 bits per heavy atom. The van der Waals surface area contributed by atoms with E-state index >= 15 is 0 Å². The Morgan fingerprint density at radius 1 is 0.893 bits per heavy atom. The highest BCUT2D eigenvalue weighted by Crippen LogP contribution is 2.23. The maximum absolute atomic E-state index is 10.8. The molecule has 0 radical (unpaired) electrons. The van der Waals surface area contributed by atoms with E-state index in [4.69, 9.17) is 20.1 Å². The molecule has 1 heterocycles. The average Bonchev–Trinajstić information content (AvgIpc) is 3.00. The van der Waals surface area contributed by atoms with Crippen LogP contribution in [0.2, 0.25) is 0 Å². The predicted molar refractivity (Wildman–Crippen MR) is 102 cm³/mol. The number of unbranched alkanes of at least 4 members (excludes halogenated alkanes) is 1. The normalized spacial score (nSPS) is 17.8. The maximum atomic E-state index is 10.8. The van der Waals surface area contributed by atoms with Crippen molar-refractivity contribution < 1.29 is 39.2 Å². The van der Waals surface area contributed by atoms with E-state index in [1.165, 1.54) is 0 Å². The minimum Gasteiger partial charge on any atom is -0.481 e. The SMILES string of the molecule is CC(CCC(=O)O)CC1CCC(=O)O1.CC(CCCCC(=O)O)CCC(=O)O. The van der Waals surface area contributed by atoms with Crippen LogP contribution in [0, 0.1) is 11.8 Å². The molecule has 1 aliphatic heterocycles. The van der Waals surface area contributed by atoms with Crippen LogP contribution in [0.25, 0.3) is 0 Å². The second kappa shape index (κ2) is 14.9. The van der Waals surface area contributed by atoms with Crippen LogP contribution in [0.4, 0.5) is 0 Å². The average molecular weight is 402 g/mol. The lowest BCUT2D eigenvalue weighted by Gasteiger charge is -2.14. The summed E-state index contributed by atoms with van der Waals surface area (Å²) in [6.45, 7) is 4.00. The van der Waals surface area contributed by atoms with Gasteiger partial charge in [-0.05, 0) is 43.9 Å². The summed E-state index contributed by atoms with van der Waals surface area (Å²) >= 11 is 0. The molecule has 0 saturated carbocycles. The molecule has 3 N–H and O–H groups in total. The Morgan fingerprint density at radius 2 is 1.43 bits per heavy atom. The van der Waals surface area contributed by atoms with Crippen LogP contribution in [-0.4, -0.2) is 45.3 Å². The van der Waals surface area contributed by atoms with Crippen molar-refractivity contribution in [2.45, 2.75) is 90.6 Å². The molecule has 1 fully saturated rings. The van der Waals surface area contributed by atoms with Crippen LogP contribution in [-0.2, 0) is 23.9 Å². The fourth-order valence-corrected chi connectivity index (χ4v) is 2.97. The third-order valence-corrected chi connectivity index (χ3v) is 4.67.